The second-order valence-electron chi connectivity index (χ2n) is 8.86. The molecule has 0 saturated heterocycles. The number of aromatic nitrogens is 1. The van der Waals surface area contributed by atoms with Gasteiger partial charge < -0.3 is 18.5 Å². The van der Waals surface area contributed by atoms with E-state index in [-0.39, 0.29) is 0 Å². The highest BCUT2D eigenvalue weighted by Crippen LogP contribution is 2.50. The quantitative estimate of drug-likeness (QED) is 0.254. The van der Waals surface area contributed by atoms with Gasteiger partial charge in [0.1, 0.15) is 16.7 Å². The fourth-order valence-corrected chi connectivity index (χ4v) is 5.03. The smallest absolute Gasteiger partial charge is 0.227 e. The molecule has 3 heterocycles. The fourth-order valence-electron chi connectivity index (χ4n) is 5.03. The van der Waals surface area contributed by atoms with Crippen LogP contribution in [0.15, 0.2) is 118 Å². The Morgan fingerprint density at radius 3 is 2.14 bits per heavy atom. The Bertz CT molecular complexity index is 1900. The van der Waals surface area contributed by atoms with E-state index in [4.69, 9.17) is 18.6 Å². The predicted octanol–water partition coefficient (Wildman–Crippen LogP) is 8.97. The van der Waals surface area contributed by atoms with Crippen LogP contribution in [0.5, 0.6) is 11.5 Å². The Morgan fingerprint density at radius 1 is 0.556 bits per heavy atom. The van der Waals surface area contributed by atoms with Crippen LogP contribution in [0, 0.1) is 0 Å². The lowest BCUT2D eigenvalue weighted by atomic mass is 10.1. The van der Waals surface area contributed by atoms with Crippen molar-refractivity contribution in [3.8, 4) is 23.0 Å². The molecular formula is C31H18N2O3. The van der Waals surface area contributed by atoms with E-state index in [1.165, 1.54) is 0 Å². The standard InChI is InChI=1S/C31H18N2O3/c1-4-13-26-21(10-1)22-17-30-23(18-29(22)34-26)32-31(36-30)19-8-7-9-20(16-19)33-24-11-2-5-14-27(24)35-28-15-6-3-12-25(28)33/h1-18H. The molecule has 0 amide bonds. The van der Waals surface area contributed by atoms with Gasteiger partial charge in [-0.2, -0.15) is 0 Å². The SMILES string of the molecule is c1cc(-c2nc3cc4oc5ccccc5c4cc3o2)cc(N2c3ccccc3Oc3ccccc32)c1. The molecule has 36 heavy (non-hydrogen) atoms. The lowest BCUT2D eigenvalue weighted by Gasteiger charge is -2.32. The van der Waals surface area contributed by atoms with Crippen molar-refractivity contribution in [2.45, 2.75) is 0 Å². The number of fused-ring (bicyclic) bond motifs is 6. The molecule has 0 spiro atoms. The lowest BCUT2D eigenvalue weighted by Crippen LogP contribution is -2.15. The molecule has 170 valence electrons. The Kier molecular flexibility index (Phi) is 3.88. The highest BCUT2D eigenvalue weighted by atomic mass is 16.5. The molecule has 0 N–H and O–H groups in total. The van der Waals surface area contributed by atoms with Crippen LogP contribution in [0.2, 0.25) is 0 Å². The first kappa shape index (κ1) is 19.3. The zero-order chi connectivity index (χ0) is 23.6. The van der Waals surface area contributed by atoms with Crippen LogP contribution in [0.1, 0.15) is 0 Å². The van der Waals surface area contributed by atoms with Crippen LogP contribution in [-0.2, 0) is 0 Å². The van der Waals surface area contributed by atoms with Gasteiger partial charge in [-0.3, -0.25) is 0 Å². The number of hydrogen-bond acceptors (Lipinski definition) is 5. The summed E-state index contributed by atoms with van der Waals surface area (Å²) in [6.45, 7) is 0. The molecule has 0 radical (unpaired) electrons. The summed E-state index contributed by atoms with van der Waals surface area (Å²) >= 11 is 0. The minimum Gasteiger partial charge on any atom is -0.456 e. The molecule has 0 fully saturated rings. The molecule has 1 aliphatic rings. The van der Waals surface area contributed by atoms with E-state index in [2.05, 4.69) is 35.2 Å². The molecule has 5 heteroatoms. The van der Waals surface area contributed by atoms with Crippen LogP contribution in [0.4, 0.5) is 17.1 Å². The van der Waals surface area contributed by atoms with E-state index in [1.54, 1.807) is 0 Å². The molecule has 5 aromatic carbocycles. The third kappa shape index (κ3) is 2.80. The van der Waals surface area contributed by atoms with Gasteiger partial charge in [0, 0.05) is 28.1 Å². The van der Waals surface area contributed by atoms with E-state index in [0.29, 0.717) is 5.89 Å². The average molecular weight is 466 g/mol. The second-order valence-corrected chi connectivity index (χ2v) is 8.86. The monoisotopic (exact) mass is 466 g/mol. The lowest BCUT2D eigenvalue weighted by molar-refractivity contribution is 0.477. The largest absolute Gasteiger partial charge is 0.456 e. The summed E-state index contributed by atoms with van der Waals surface area (Å²) in [5, 5.41) is 2.09. The van der Waals surface area contributed by atoms with Crippen LogP contribution in [0.25, 0.3) is 44.5 Å². The Morgan fingerprint density at radius 2 is 1.31 bits per heavy atom. The molecule has 5 nitrogen and oxygen atoms in total. The maximum atomic E-state index is 6.27. The molecule has 2 aromatic heterocycles. The first-order valence-corrected chi connectivity index (χ1v) is 11.8. The number of furan rings is 1. The molecule has 0 aliphatic carbocycles. The number of rotatable bonds is 2. The van der Waals surface area contributed by atoms with Crippen molar-refractivity contribution in [3.05, 3.63) is 109 Å². The Hall–Kier alpha value is -5.03. The van der Waals surface area contributed by atoms with Gasteiger partial charge in [-0.1, -0.05) is 48.5 Å². The predicted molar refractivity (Wildman–Crippen MR) is 141 cm³/mol. The van der Waals surface area contributed by atoms with Crippen LogP contribution in [0.3, 0.4) is 0 Å². The van der Waals surface area contributed by atoms with Crippen molar-refractivity contribution in [3.63, 3.8) is 0 Å². The van der Waals surface area contributed by atoms with Crippen molar-refractivity contribution < 1.29 is 13.6 Å². The van der Waals surface area contributed by atoms with E-state index >= 15 is 0 Å². The number of nitrogens with zero attached hydrogens (tertiary/aromatic N) is 2. The normalized spacial score (nSPS) is 12.6. The summed E-state index contributed by atoms with van der Waals surface area (Å²) in [6, 6.07) is 36.4. The fraction of sp³-hybridized carbons (Fsp3) is 0. The van der Waals surface area contributed by atoms with Crippen molar-refractivity contribution >= 4 is 50.1 Å². The number of anilines is 3. The molecule has 0 unspecified atom stereocenters. The second kappa shape index (κ2) is 7.23. The Balaban J connectivity index is 1.27. The van der Waals surface area contributed by atoms with Gasteiger partial charge in [-0.25, -0.2) is 4.98 Å². The minimum absolute atomic E-state index is 0.568. The van der Waals surface area contributed by atoms with Crippen molar-refractivity contribution in [1.82, 2.24) is 4.98 Å². The number of benzene rings is 5. The van der Waals surface area contributed by atoms with Crippen LogP contribution >= 0.6 is 0 Å². The summed E-state index contributed by atoms with van der Waals surface area (Å²) in [5.74, 6) is 2.20. The molecule has 1 aliphatic heterocycles. The first-order chi connectivity index (χ1) is 17.8. The maximum absolute atomic E-state index is 6.27. The van der Waals surface area contributed by atoms with Gasteiger partial charge in [0.2, 0.25) is 5.89 Å². The average Bonchev–Trinajstić information content (AvgIpc) is 3.51. The summed E-state index contributed by atoms with van der Waals surface area (Å²) in [4.78, 5) is 7.02. The van der Waals surface area contributed by atoms with Crippen molar-refractivity contribution in [1.29, 1.82) is 0 Å². The summed E-state index contributed by atoms with van der Waals surface area (Å²) in [5.41, 5.74) is 7.03. The van der Waals surface area contributed by atoms with E-state index in [9.17, 15) is 0 Å². The van der Waals surface area contributed by atoms with Crippen molar-refractivity contribution in [2.24, 2.45) is 0 Å². The van der Waals surface area contributed by atoms with Gasteiger partial charge in [-0.05, 0) is 54.6 Å². The van der Waals surface area contributed by atoms with Crippen molar-refractivity contribution in [2.75, 3.05) is 4.90 Å². The van der Waals surface area contributed by atoms with Gasteiger partial charge in [-0.15, -0.1) is 0 Å². The number of oxazole rings is 1. The van der Waals surface area contributed by atoms with Gasteiger partial charge >= 0.3 is 0 Å². The topological polar surface area (TPSA) is 51.6 Å². The maximum Gasteiger partial charge on any atom is 0.227 e. The number of para-hydroxylation sites is 5. The van der Waals surface area contributed by atoms with E-state index < -0.39 is 0 Å². The molecule has 7 aromatic rings. The molecule has 0 atom stereocenters. The van der Waals surface area contributed by atoms with Gasteiger partial charge in [0.05, 0.1) is 11.4 Å². The molecule has 0 bridgehead atoms. The summed E-state index contributed by atoms with van der Waals surface area (Å²) < 4.78 is 18.5. The summed E-state index contributed by atoms with van der Waals surface area (Å²) in [7, 11) is 0. The molecule has 8 rings (SSSR count). The highest BCUT2D eigenvalue weighted by molar-refractivity contribution is 6.08. The van der Waals surface area contributed by atoms with Gasteiger partial charge in [0.15, 0.2) is 17.1 Å². The van der Waals surface area contributed by atoms with E-state index in [1.807, 2.05) is 78.9 Å². The Labute approximate surface area is 205 Å². The minimum atomic E-state index is 0.568. The van der Waals surface area contributed by atoms with Gasteiger partial charge in [0.25, 0.3) is 0 Å². The van der Waals surface area contributed by atoms with Crippen LogP contribution in [-0.4, -0.2) is 4.98 Å². The van der Waals surface area contributed by atoms with Crippen LogP contribution < -0.4 is 9.64 Å². The molecular weight excluding hydrogens is 448 g/mol. The number of hydrogen-bond donors (Lipinski definition) is 0. The highest BCUT2D eigenvalue weighted by Gasteiger charge is 2.25. The first-order valence-electron chi connectivity index (χ1n) is 11.8. The summed E-state index contributed by atoms with van der Waals surface area (Å²) in [6.07, 6.45) is 0. The zero-order valence-corrected chi connectivity index (χ0v) is 19.0. The third-order valence-electron chi connectivity index (χ3n) is 6.67. The zero-order valence-electron chi connectivity index (χ0n) is 19.0. The third-order valence-corrected chi connectivity index (χ3v) is 6.67. The number of ether oxygens (including phenoxy) is 1. The molecule has 0 saturated carbocycles. The van der Waals surface area contributed by atoms with E-state index in [0.717, 1.165) is 67.2 Å².